The molecule has 2 amide bonds. The lowest BCUT2D eigenvalue weighted by Gasteiger charge is -2.15. The molecule has 5 nitrogen and oxygen atoms in total. The Morgan fingerprint density at radius 1 is 1.23 bits per heavy atom. The summed E-state index contributed by atoms with van der Waals surface area (Å²) in [7, 11) is 0. The van der Waals surface area contributed by atoms with Gasteiger partial charge >= 0.3 is 0 Å². The molecule has 0 radical (unpaired) electrons. The Balaban J connectivity index is 1.63. The lowest BCUT2D eigenvalue weighted by molar-refractivity contribution is -0.120. The Hall–Kier alpha value is -1.56. The van der Waals surface area contributed by atoms with E-state index in [1.165, 1.54) is 11.8 Å². The molecule has 1 N–H and O–H groups in total. The van der Waals surface area contributed by atoms with Crippen LogP contribution in [0, 0.1) is 0 Å². The molecule has 3 heterocycles. The van der Waals surface area contributed by atoms with E-state index in [0.29, 0.717) is 5.56 Å². The van der Waals surface area contributed by atoms with Crippen molar-refractivity contribution in [2.45, 2.75) is 42.4 Å². The van der Waals surface area contributed by atoms with Crippen LogP contribution in [0.25, 0.3) is 0 Å². The van der Waals surface area contributed by atoms with Crippen molar-refractivity contribution in [3.63, 3.8) is 0 Å². The predicted molar refractivity (Wildman–Crippen MR) is 85.9 cm³/mol. The van der Waals surface area contributed by atoms with Crippen molar-refractivity contribution in [2.24, 2.45) is 0 Å². The molecule has 2 fully saturated rings. The zero-order valence-corrected chi connectivity index (χ0v) is 13.4. The zero-order chi connectivity index (χ0) is 15.4. The molecule has 1 aromatic rings. The Labute approximate surface area is 134 Å². The minimum absolute atomic E-state index is 0.0637. The average Bonchev–Trinajstić information content (AvgIpc) is 3.00. The summed E-state index contributed by atoms with van der Waals surface area (Å²) in [6.07, 6.45) is 6.79. The van der Waals surface area contributed by atoms with Crippen LogP contribution in [0.1, 0.15) is 42.5 Å². The summed E-state index contributed by atoms with van der Waals surface area (Å²) < 4.78 is 0. The number of carbonyl (C=O) groups excluding carboxylic acids is 2. The van der Waals surface area contributed by atoms with Gasteiger partial charge in [0.1, 0.15) is 0 Å². The molecular formula is C16H21N3O2S. The van der Waals surface area contributed by atoms with E-state index in [4.69, 9.17) is 0 Å². The smallest absolute Gasteiger partial charge is 0.255 e. The van der Waals surface area contributed by atoms with Crippen LogP contribution in [0.5, 0.6) is 0 Å². The quantitative estimate of drug-likeness (QED) is 0.926. The number of hydrogen-bond acceptors (Lipinski definition) is 4. The second kappa shape index (κ2) is 7.13. The highest BCUT2D eigenvalue weighted by atomic mass is 32.2. The summed E-state index contributed by atoms with van der Waals surface area (Å²) >= 11 is 1.49. The van der Waals surface area contributed by atoms with Crippen molar-refractivity contribution in [3.8, 4) is 0 Å². The summed E-state index contributed by atoms with van der Waals surface area (Å²) in [4.78, 5) is 30.5. The van der Waals surface area contributed by atoms with Gasteiger partial charge in [-0.05, 0) is 37.8 Å². The summed E-state index contributed by atoms with van der Waals surface area (Å²) in [5.41, 5.74) is 0.636. The van der Waals surface area contributed by atoms with Crippen LogP contribution >= 0.6 is 11.8 Å². The van der Waals surface area contributed by atoms with Gasteiger partial charge in [-0.25, -0.2) is 4.98 Å². The first kappa shape index (κ1) is 15.3. The van der Waals surface area contributed by atoms with Crippen LogP contribution in [0.15, 0.2) is 23.4 Å². The Bertz CT molecular complexity index is 541. The normalized spacial score (nSPS) is 22.3. The lowest BCUT2D eigenvalue weighted by atomic mass is 10.2. The van der Waals surface area contributed by atoms with Gasteiger partial charge < -0.3 is 10.2 Å². The number of likely N-dealkylation sites (tertiary alicyclic amines) is 1. The van der Waals surface area contributed by atoms with Crippen LogP contribution in [0.2, 0.25) is 0 Å². The van der Waals surface area contributed by atoms with E-state index in [-0.39, 0.29) is 17.1 Å². The monoisotopic (exact) mass is 319 g/mol. The first-order valence-electron chi connectivity index (χ1n) is 7.94. The standard InChI is InChI=1S/C16H21N3O2S/c20-15-13(5-1-2-8-17-15)22-14-7-6-12(11-18-14)16(21)19-9-3-4-10-19/h6-7,11,13H,1-5,8-10H2,(H,17,20). The molecule has 0 aromatic carbocycles. The Kier molecular flexibility index (Phi) is 4.97. The molecule has 1 aromatic heterocycles. The third kappa shape index (κ3) is 3.61. The predicted octanol–water partition coefficient (Wildman–Crippen LogP) is 2.08. The summed E-state index contributed by atoms with van der Waals surface area (Å²) in [5, 5.41) is 3.66. The number of nitrogens with one attached hydrogen (secondary N) is 1. The van der Waals surface area contributed by atoms with E-state index < -0.39 is 0 Å². The van der Waals surface area contributed by atoms with Crippen molar-refractivity contribution < 1.29 is 9.59 Å². The fourth-order valence-electron chi connectivity index (χ4n) is 2.85. The van der Waals surface area contributed by atoms with Crippen LogP contribution in [-0.2, 0) is 4.79 Å². The molecule has 6 heteroatoms. The maximum absolute atomic E-state index is 12.3. The van der Waals surface area contributed by atoms with Gasteiger partial charge in [-0.15, -0.1) is 0 Å². The molecule has 0 bridgehead atoms. The highest BCUT2D eigenvalue weighted by Crippen LogP contribution is 2.27. The van der Waals surface area contributed by atoms with Gasteiger partial charge in [0.25, 0.3) is 5.91 Å². The molecule has 2 aliphatic rings. The fourth-order valence-corrected chi connectivity index (χ4v) is 3.88. The summed E-state index contributed by atoms with van der Waals surface area (Å²) in [6, 6.07) is 3.68. The van der Waals surface area contributed by atoms with Gasteiger partial charge in [0.15, 0.2) is 0 Å². The molecule has 22 heavy (non-hydrogen) atoms. The van der Waals surface area contributed by atoms with E-state index in [1.54, 1.807) is 6.20 Å². The number of nitrogens with zero attached hydrogens (tertiary/aromatic N) is 2. The number of amides is 2. The maximum atomic E-state index is 12.3. The first-order chi connectivity index (χ1) is 10.7. The molecular weight excluding hydrogens is 298 g/mol. The summed E-state index contributed by atoms with van der Waals surface area (Å²) in [6.45, 7) is 2.46. The average molecular weight is 319 g/mol. The van der Waals surface area contributed by atoms with Gasteiger partial charge in [-0.1, -0.05) is 18.2 Å². The highest BCUT2D eigenvalue weighted by molar-refractivity contribution is 8.00. The number of rotatable bonds is 3. The second-order valence-corrected chi connectivity index (χ2v) is 7.00. The van der Waals surface area contributed by atoms with E-state index >= 15 is 0 Å². The SMILES string of the molecule is O=C1NCCCCC1Sc1ccc(C(=O)N2CCCC2)cn1. The maximum Gasteiger partial charge on any atom is 0.255 e. The van der Waals surface area contributed by atoms with Crippen molar-refractivity contribution in [1.82, 2.24) is 15.2 Å². The number of pyridine rings is 1. The van der Waals surface area contributed by atoms with Crippen molar-refractivity contribution in [1.29, 1.82) is 0 Å². The molecule has 3 rings (SSSR count). The van der Waals surface area contributed by atoms with Crippen LogP contribution < -0.4 is 5.32 Å². The van der Waals surface area contributed by atoms with Crippen molar-refractivity contribution in [3.05, 3.63) is 23.9 Å². The number of carbonyl (C=O) groups is 2. The van der Waals surface area contributed by atoms with E-state index in [1.807, 2.05) is 17.0 Å². The Morgan fingerprint density at radius 2 is 2.05 bits per heavy atom. The van der Waals surface area contributed by atoms with Crippen molar-refractivity contribution in [2.75, 3.05) is 19.6 Å². The molecule has 0 saturated carbocycles. The van der Waals surface area contributed by atoms with Gasteiger partial charge in [-0.2, -0.15) is 0 Å². The first-order valence-corrected chi connectivity index (χ1v) is 8.82. The molecule has 0 spiro atoms. The van der Waals surface area contributed by atoms with Gasteiger partial charge in [0.05, 0.1) is 15.8 Å². The Morgan fingerprint density at radius 3 is 2.77 bits per heavy atom. The largest absolute Gasteiger partial charge is 0.355 e. The third-order valence-electron chi connectivity index (χ3n) is 4.12. The lowest BCUT2D eigenvalue weighted by Crippen LogP contribution is -2.30. The fraction of sp³-hybridized carbons (Fsp3) is 0.562. The minimum atomic E-state index is -0.0740. The summed E-state index contributed by atoms with van der Waals surface area (Å²) in [5.74, 6) is 0.162. The van der Waals surface area contributed by atoms with E-state index in [0.717, 1.165) is 56.8 Å². The van der Waals surface area contributed by atoms with Crippen LogP contribution in [-0.4, -0.2) is 46.6 Å². The number of aromatic nitrogens is 1. The topological polar surface area (TPSA) is 62.3 Å². The van der Waals surface area contributed by atoms with Crippen LogP contribution in [0.4, 0.5) is 0 Å². The highest BCUT2D eigenvalue weighted by Gasteiger charge is 2.23. The number of thioether (sulfide) groups is 1. The minimum Gasteiger partial charge on any atom is -0.355 e. The van der Waals surface area contributed by atoms with Crippen LogP contribution in [0.3, 0.4) is 0 Å². The molecule has 2 saturated heterocycles. The van der Waals surface area contributed by atoms with E-state index in [9.17, 15) is 9.59 Å². The molecule has 2 aliphatic heterocycles. The van der Waals surface area contributed by atoms with Crippen molar-refractivity contribution >= 4 is 23.6 Å². The second-order valence-electron chi connectivity index (χ2n) is 5.78. The third-order valence-corrected chi connectivity index (χ3v) is 5.34. The van der Waals surface area contributed by atoms with Gasteiger partial charge in [0, 0.05) is 25.8 Å². The van der Waals surface area contributed by atoms with E-state index in [2.05, 4.69) is 10.3 Å². The molecule has 1 unspecified atom stereocenters. The molecule has 1 atom stereocenters. The zero-order valence-electron chi connectivity index (χ0n) is 12.6. The van der Waals surface area contributed by atoms with Gasteiger partial charge in [0.2, 0.25) is 5.91 Å². The van der Waals surface area contributed by atoms with Gasteiger partial charge in [-0.3, -0.25) is 9.59 Å². The number of hydrogen-bond donors (Lipinski definition) is 1. The molecule has 0 aliphatic carbocycles. The molecule has 118 valence electrons.